The van der Waals surface area contributed by atoms with Crippen LogP contribution >= 0.6 is 0 Å². The molecule has 0 amide bonds. The lowest BCUT2D eigenvalue weighted by atomic mass is 9.97. The molecular weight excluding hydrogens is 464 g/mol. The number of ketones is 1. The Morgan fingerprint density at radius 3 is 2.70 bits per heavy atom. The molecule has 0 radical (unpaired) electrons. The first kappa shape index (κ1) is 23.4. The van der Waals surface area contributed by atoms with Crippen LogP contribution in [-0.4, -0.2) is 29.1 Å². The summed E-state index contributed by atoms with van der Waals surface area (Å²) in [5.41, 5.74) is 5.64. The number of nitrogens with zero attached hydrogens (tertiary/aromatic N) is 2. The number of hydrogen-bond acceptors (Lipinski definition) is 5. The molecule has 0 saturated carbocycles. The number of hydrogen-bond donors (Lipinski definition) is 0. The van der Waals surface area contributed by atoms with Crippen LogP contribution in [0.1, 0.15) is 52.5 Å². The standard InChI is InChI=1S/C31H30N2O4/c1-5-32-16-22(24-15-23(35-4)11-12-26(24)32)14-28-30(34)29-19(2)13-27-25(31(29)37-28)17-33(18-36-27)20(3)21-9-7-6-8-10-21/h6-16,20H,5,17-18H2,1-4H3/b28-14-. The van der Waals surface area contributed by atoms with Crippen molar-refractivity contribution in [1.82, 2.24) is 9.47 Å². The number of allylic oxidation sites excluding steroid dienone is 1. The number of carbonyl (C=O) groups excluding carboxylic acids is 1. The van der Waals surface area contributed by atoms with Gasteiger partial charge in [-0.1, -0.05) is 30.3 Å². The van der Waals surface area contributed by atoms with Gasteiger partial charge in [-0.15, -0.1) is 0 Å². The van der Waals surface area contributed by atoms with Crippen molar-refractivity contribution in [3.8, 4) is 17.2 Å². The monoisotopic (exact) mass is 494 g/mol. The van der Waals surface area contributed by atoms with Crippen molar-refractivity contribution in [2.45, 2.75) is 39.9 Å². The smallest absolute Gasteiger partial charge is 0.232 e. The molecule has 2 aliphatic rings. The summed E-state index contributed by atoms with van der Waals surface area (Å²) < 4.78 is 20.1. The summed E-state index contributed by atoms with van der Waals surface area (Å²) in [4.78, 5) is 15.9. The number of fused-ring (bicyclic) bond motifs is 4. The van der Waals surface area contributed by atoms with Crippen molar-refractivity contribution in [2.75, 3.05) is 13.8 Å². The third-order valence-electron chi connectivity index (χ3n) is 7.53. The van der Waals surface area contributed by atoms with Gasteiger partial charge in [0.25, 0.3) is 0 Å². The number of methoxy groups -OCH3 is 1. The van der Waals surface area contributed by atoms with E-state index >= 15 is 0 Å². The first-order valence-corrected chi connectivity index (χ1v) is 12.7. The maximum atomic E-state index is 13.6. The Kier molecular flexibility index (Phi) is 5.76. The van der Waals surface area contributed by atoms with Crippen molar-refractivity contribution in [2.24, 2.45) is 0 Å². The molecule has 37 heavy (non-hydrogen) atoms. The lowest BCUT2D eigenvalue weighted by molar-refractivity contribution is 0.0605. The molecule has 0 saturated heterocycles. The van der Waals surface area contributed by atoms with Crippen molar-refractivity contribution in [3.63, 3.8) is 0 Å². The van der Waals surface area contributed by atoms with Gasteiger partial charge in [-0.25, -0.2) is 0 Å². The predicted octanol–water partition coefficient (Wildman–Crippen LogP) is 6.51. The van der Waals surface area contributed by atoms with Gasteiger partial charge in [0, 0.05) is 41.8 Å². The number of aryl methyl sites for hydroxylation is 2. The van der Waals surface area contributed by atoms with E-state index in [9.17, 15) is 4.79 Å². The third-order valence-corrected chi connectivity index (χ3v) is 7.53. The predicted molar refractivity (Wildman–Crippen MR) is 144 cm³/mol. The molecule has 1 unspecified atom stereocenters. The van der Waals surface area contributed by atoms with Crippen molar-refractivity contribution < 1.29 is 19.0 Å². The quantitative estimate of drug-likeness (QED) is 0.296. The molecule has 6 nitrogen and oxygen atoms in total. The largest absolute Gasteiger partial charge is 0.497 e. The van der Waals surface area contributed by atoms with E-state index in [1.165, 1.54) is 5.56 Å². The fourth-order valence-electron chi connectivity index (χ4n) is 5.39. The zero-order valence-electron chi connectivity index (χ0n) is 21.6. The summed E-state index contributed by atoms with van der Waals surface area (Å²) in [6, 6.07) is 18.5. The van der Waals surface area contributed by atoms with Crippen LogP contribution < -0.4 is 14.2 Å². The molecule has 188 valence electrons. The van der Waals surface area contributed by atoms with E-state index in [1.807, 2.05) is 43.3 Å². The van der Waals surface area contributed by atoms with Gasteiger partial charge in [-0.3, -0.25) is 9.69 Å². The molecule has 1 aromatic heterocycles. The lowest BCUT2D eigenvalue weighted by Crippen LogP contribution is -2.34. The van der Waals surface area contributed by atoms with Crippen LogP contribution in [0.15, 0.2) is 66.6 Å². The maximum Gasteiger partial charge on any atom is 0.232 e. The molecule has 1 atom stereocenters. The molecular formula is C31H30N2O4. The molecule has 6 heteroatoms. The summed E-state index contributed by atoms with van der Waals surface area (Å²) in [7, 11) is 1.66. The summed E-state index contributed by atoms with van der Waals surface area (Å²) in [5, 5.41) is 1.02. The van der Waals surface area contributed by atoms with Crippen molar-refractivity contribution >= 4 is 22.8 Å². The van der Waals surface area contributed by atoms with E-state index in [4.69, 9.17) is 14.2 Å². The highest BCUT2D eigenvalue weighted by Gasteiger charge is 2.36. The van der Waals surface area contributed by atoms with Gasteiger partial charge in [0.05, 0.1) is 18.2 Å². The van der Waals surface area contributed by atoms with Crippen LogP contribution in [0, 0.1) is 6.92 Å². The maximum absolute atomic E-state index is 13.6. The van der Waals surface area contributed by atoms with E-state index in [2.05, 4.69) is 53.8 Å². The second-order valence-corrected chi connectivity index (χ2v) is 9.67. The Hall–Kier alpha value is -4.03. The van der Waals surface area contributed by atoms with E-state index in [0.29, 0.717) is 30.3 Å². The summed E-state index contributed by atoms with van der Waals surface area (Å²) in [6.45, 7) is 8.16. The van der Waals surface area contributed by atoms with E-state index in [1.54, 1.807) is 7.11 Å². The first-order chi connectivity index (χ1) is 18.0. The minimum atomic E-state index is -0.0937. The Bertz CT molecular complexity index is 1550. The van der Waals surface area contributed by atoms with E-state index in [0.717, 1.165) is 45.6 Å². The first-order valence-electron chi connectivity index (χ1n) is 12.7. The number of carbonyl (C=O) groups is 1. The number of rotatable bonds is 5. The molecule has 0 fully saturated rings. The fraction of sp³-hybridized carbons (Fsp3) is 0.258. The number of ether oxygens (including phenoxy) is 3. The van der Waals surface area contributed by atoms with Gasteiger partial charge in [0.15, 0.2) is 5.76 Å². The normalized spacial score (nSPS) is 16.9. The number of benzene rings is 3. The van der Waals surface area contributed by atoms with Crippen LogP contribution in [0.25, 0.3) is 17.0 Å². The van der Waals surface area contributed by atoms with Crippen LogP contribution in [0.3, 0.4) is 0 Å². The topological polar surface area (TPSA) is 52.9 Å². The lowest BCUT2D eigenvalue weighted by Gasteiger charge is -2.34. The van der Waals surface area contributed by atoms with Crippen molar-refractivity contribution in [3.05, 3.63) is 94.4 Å². The molecule has 4 aromatic rings. The SMILES string of the molecule is CCn1cc(/C=C2\Oc3c4c(cc(C)c3C2=O)OCN(C(C)c2ccccc2)C4)c2cc(OC)ccc21. The van der Waals surface area contributed by atoms with Gasteiger partial charge >= 0.3 is 0 Å². The summed E-state index contributed by atoms with van der Waals surface area (Å²) >= 11 is 0. The molecule has 3 aromatic carbocycles. The van der Waals surface area contributed by atoms with Crippen molar-refractivity contribution in [1.29, 1.82) is 0 Å². The van der Waals surface area contributed by atoms with Gasteiger partial charge in [-0.05, 0) is 62.2 Å². The molecule has 0 bridgehead atoms. The summed E-state index contributed by atoms with van der Waals surface area (Å²) in [5.74, 6) is 2.42. The zero-order valence-corrected chi connectivity index (χ0v) is 21.6. The van der Waals surface area contributed by atoms with Crippen LogP contribution in [0.5, 0.6) is 17.2 Å². The summed E-state index contributed by atoms with van der Waals surface area (Å²) in [6.07, 6.45) is 3.92. The third kappa shape index (κ3) is 3.89. The number of Topliss-reactive ketones (excluding diaryl/α,β-unsaturated/α-hetero) is 1. The fourth-order valence-corrected chi connectivity index (χ4v) is 5.39. The van der Waals surface area contributed by atoms with E-state index < -0.39 is 0 Å². The second-order valence-electron chi connectivity index (χ2n) is 9.67. The molecule has 0 spiro atoms. The molecule has 2 aliphatic heterocycles. The van der Waals surface area contributed by atoms with E-state index in [-0.39, 0.29) is 11.8 Å². The number of aromatic nitrogens is 1. The molecule has 0 aliphatic carbocycles. The Labute approximate surface area is 216 Å². The molecule has 6 rings (SSSR count). The Morgan fingerprint density at radius 2 is 1.95 bits per heavy atom. The highest BCUT2D eigenvalue weighted by atomic mass is 16.5. The Morgan fingerprint density at radius 1 is 1.14 bits per heavy atom. The minimum absolute atomic E-state index is 0.0937. The average Bonchev–Trinajstić information content (AvgIpc) is 3.45. The van der Waals surface area contributed by atoms with Gasteiger partial charge in [0.1, 0.15) is 24.0 Å². The highest BCUT2D eigenvalue weighted by Crippen LogP contribution is 2.45. The second kappa shape index (κ2) is 9.12. The van der Waals surface area contributed by atoms with Crippen LogP contribution in [0.2, 0.25) is 0 Å². The highest BCUT2D eigenvalue weighted by molar-refractivity contribution is 6.16. The van der Waals surface area contributed by atoms with Crippen LogP contribution in [0.4, 0.5) is 0 Å². The van der Waals surface area contributed by atoms with Gasteiger partial charge < -0.3 is 18.8 Å². The Balaban J connectivity index is 1.38. The van der Waals surface area contributed by atoms with Crippen LogP contribution in [-0.2, 0) is 13.1 Å². The molecule has 3 heterocycles. The zero-order chi connectivity index (χ0) is 25.7. The minimum Gasteiger partial charge on any atom is -0.497 e. The van der Waals surface area contributed by atoms with Gasteiger partial charge in [-0.2, -0.15) is 0 Å². The molecule has 0 N–H and O–H groups in total. The van der Waals surface area contributed by atoms with Gasteiger partial charge in [0.2, 0.25) is 5.78 Å². The average molecular weight is 495 g/mol.